The van der Waals surface area contributed by atoms with Crippen LogP contribution in [0.2, 0.25) is 0 Å². The van der Waals surface area contributed by atoms with Crippen molar-refractivity contribution in [1.29, 1.82) is 0 Å². The number of ether oxygens (including phenoxy) is 1. The topological polar surface area (TPSA) is 49.8 Å². The molecule has 1 aliphatic heterocycles. The molecular formula is C18H28F3NO3. The second kappa shape index (κ2) is 7.82. The molecule has 3 rings (SSSR count). The molecule has 1 amide bonds. The van der Waals surface area contributed by atoms with Gasteiger partial charge in [-0.1, -0.05) is 6.42 Å². The van der Waals surface area contributed by atoms with E-state index in [1.807, 2.05) is 4.90 Å². The summed E-state index contributed by atoms with van der Waals surface area (Å²) in [5, 5.41) is 10.2. The molecule has 0 radical (unpaired) electrons. The molecule has 144 valence electrons. The van der Waals surface area contributed by atoms with E-state index >= 15 is 0 Å². The zero-order valence-electron chi connectivity index (χ0n) is 14.5. The summed E-state index contributed by atoms with van der Waals surface area (Å²) in [6.07, 6.45) is -0.332. The van der Waals surface area contributed by atoms with Crippen molar-refractivity contribution in [3.05, 3.63) is 0 Å². The van der Waals surface area contributed by atoms with Crippen LogP contribution in [0.3, 0.4) is 0 Å². The van der Waals surface area contributed by atoms with Gasteiger partial charge < -0.3 is 14.7 Å². The Hall–Kier alpha value is -0.820. The van der Waals surface area contributed by atoms with E-state index in [4.69, 9.17) is 4.74 Å². The molecule has 2 saturated carbocycles. The summed E-state index contributed by atoms with van der Waals surface area (Å²) >= 11 is 0. The number of hydrogen-bond acceptors (Lipinski definition) is 3. The number of alkyl halides is 3. The van der Waals surface area contributed by atoms with Crippen LogP contribution in [0.5, 0.6) is 0 Å². The summed E-state index contributed by atoms with van der Waals surface area (Å²) in [7, 11) is 0. The molecule has 3 fully saturated rings. The fourth-order valence-electron chi connectivity index (χ4n) is 4.76. The van der Waals surface area contributed by atoms with Crippen LogP contribution < -0.4 is 0 Å². The SMILES string of the molecule is O=C(CC1CCC(C(F)(F)F)CC1)N1CCOC[C@@H]1[C@H]1CCC[C@H]1O. The van der Waals surface area contributed by atoms with E-state index in [9.17, 15) is 23.1 Å². The highest BCUT2D eigenvalue weighted by molar-refractivity contribution is 5.77. The van der Waals surface area contributed by atoms with Gasteiger partial charge in [0.05, 0.1) is 31.3 Å². The van der Waals surface area contributed by atoms with E-state index in [1.165, 1.54) is 0 Å². The maximum absolute atomic E-state index is 12.8. The van der Waals surface area contributed by atoms with Gasteiger partial charge in [-0.2, -0.15) is 13.2 Å². The van der Waals surface area contributed by atoms with Crippen molar-refractivity contribution >= 4 is 5.91 Å². The maximum atomic E-state index is 12.8. The molecule has 0 bridgehead atoms. The molecule has 25 heavy (non-hydrogen) atoms. The number of morpholine rings is 1. The molecular weight excluding hydrogens is 335 g/mol. The highest BCUT2D eigenvalue weighted by atomic mass is 19.4. The van der Waals surface area contributed by atoms with Gasteiger partial charge in [0, 0.05) is 18.9 Å². The molecule has 1 saturated heterocycles. The zero-order chi connectivity index (χ0) is 18.0. The minimum Gasteiger partial charge on any atom is -0.393 e. The third-order valence-electron chi connectivity index (χ3n) is 6.28. The summed E-state index contributed by atoms with van der Waals surface area (Å²) < 4.78 is 43.8. The highest BCUT2D eigenvalue weighted by Crippen LogP contribution is 2.41. The summed E-state index contributed by atoms with van der Waals surface area (Å²) in [6, 6.07) is -0.0923. The van der Waals surface area contributed by atoms with Crippen LogP contribution in [-0.2, 0) is 9.53 Å². The lowest BCUT2D eigenvalue weighted by Crippen LogP contribution is -2.54. The van der Waals surface area contributed by atoms with E-state index in [-0.39, 0.29) is 42.7 Å². The number of nitrogens with zero attached hydrogens (tertiary/aromatic N) is 1. The predicted molar refractivity (Wildman–Crippen MR) is 85.8 cm³/mol. The van der Waals surface area contributed by atoms with Crippen molar-refractivity contribution in [2.45, 2.75) is 69.7 Å². The van der Waals surface area contributed by atoms with Gasteiger partial charge in [0.25, 0.3) is 0 Å². The maximum Gasteiger partial charge on any atom is 0.391 e. The highest BCUT2D eigenvalue weighted by Gasteiger charge is 2.43. The van der Waals surface area contributed by atoms with E-state index in [2.05, 4.69) is 0 Å². The molecule has 1 N–H and O–H groups in total. The average molecular weight is 363 g/mol. The lowest BCUT2D eigenvalue weighted by Gasteiger charge is -2.41. The number of hydrogen-bond donors (Lipinski definition) is 1. The number of halogens is 3. The molecule has 2 aliphatic carbocycles. The summed E-state index contributed by atoms with van der Waals surface area (Å²) in [5.41, 5.74) is 0. The van der Waals surface area contributed by atoms with Gasteiger partial charge >= 0.3 is 6.18 Å². The van der Waals surface area contributed by atoms with Gasteiger partial charge in [0.15, 0.2) is 0 Å². The molecule has 0 unspecified atom stereocenters. The Morgan fingerprint density at radius 2 is 1.84 bits per heavy atom. The first-order valence-corrected chi connectivity index (χ1v) is 9.48. The Labute approximate surface area is 146 Å². The van der Waals surface area contributed by atoms with Crippen molar-refractivity contribution in [2.75, 3.05) is 19.8 Å². The zero-order valence-corrected chi connectivity index (χ0v) is 14.5. The van der Waals surface area contributed by atoms with Gasteiger partial charge in [-0.05, 0) is 44.4 Å². The lowest BCUT2D eigenvalue weighted by atomic mass is 9.80. The van der Waals surface area contributed by atoms with Crippen molar-refractivity contribution in [3.8, 4) is 0 Å². The van der Waals surface area contributed by atoms with E-state index in [0.717, 1.165) is 19.3 Å². The van der Waals surface area contributed by atoms with Gasteiger partial charge in [-0.3, -0.25) is 4.79 Å². The average Bonchev–Trinajstić information content (AvgIpc) is 3.00. The Morgan fingerprint density at radius 1 is 1.12 bits per heavy atom. The normalized spacial score (nSPS) is 37.3. The van der Waals surface area contributed by atoms with Crippen LogP contribution in [0, 0.1) is 17.8 Å². The minimum absolute atomic E-state index is 0.0165. The van der Waals surface area contributed by atoms with Crippen molar-refractivity contribution in [2.24, 2.45) is 17.8 Å². The first kappa shape index (κ1) is 19.0. The molecule has 0 spiro atoms. The van der Waals surface area contributed by atoms with Gasteiger partial charge in [-0.25, -0.2) is 0 Å². The fourth-order valence-corrected chi connectivity index (χ4v) is 4.76. The predicted octanol–water partition coefficient (Wildman–Crippen LogP) is 3.13. The van der Waals surface area contributed by atoms with Gasteiger partial charge in [0.2, 0.25) is 5.91 Å². The first-order valence-electron chi connectivity index (χ1n) is 9.48. The van der Waals surface area contributed by atoms with Crippen LogP contribution in [0.15, 0.2) is 0 Å². The van der Waals surface area contributed by atoms with E-state index < -0.39 is 12.1 Å². The fraction of sp³-hybridized carbons (Fsp3) is 0.944. The molecule has 0 aromatic rings. The monoisotopic (exact) mass is 363 g/mol. The van der Waals surface area contributed by atoms with Crippen LogP contribution in [0.1, 0.15) is 51.4 Å². The molecule has 7 heteroatoms. The van der Waals surface area contributed by atoms with Crippen LogP contribution in [0.4, 0.5) is 13.2 Å². The Morgan fingerprint density at radius 3 is 2.44 bits per heavy atom. The number of aliphatic hydroxyl groups excluding tert-OH is 1. The quantitative estimate of drug-likeness (QED) is 0.838. The van der Waals surface area contributed by atoms with E-state index in [1.54, 1.807) is 0 Å². The van der Waals surface area contributed by atoms with Crippen molar-refractivity contribution in [1.82, 2.24) is 4.90 Å². The molecule has 1 heterocycles. The third-order valence-corrected chi connectivity index (χ3v) is 6.28. The Kier molecular flexibility index (Phi) is 5.93. The second-order valence-electron chi connectivity index (χ2n) is 7.85. The summed E-state index contributed by atoms with van der Waals surface area (Å²) in [4.78, 5) is 14.6. The molecule has 0 aromatic heterocycles. The number of carbonyl (C=O) groups excluding carboxylic acids is 1. The Balaban J connectivity index is 1.55. The van der Waals surface area contributed by atoms with Gasteiger partial charge in [-0.15, -0.1) is 0 Å². The molecule has 0 aromatic carbocycles. The summed E-state index contributed by atoms with van der Waals surface area (Å²) in [6.45, 7) is 1.46. The van der Waals surface area contributed by atoms with Crippen LogP contribution in [0.25, 0.3) is 0 Å². The Bertz CT molecular complexity index is 463. The smallest absolute Gasteiger partial charge is 0.391 e. The largest absolute Gasteiger partial charge is 0.393 e. The first-order chi connectivity index (χ1) is 11.9. The van der Waals surface area contributed by atoms with Crippen molar-refractivity contribution < 1.29 is 27.8 Å². The summed E-state index contributed by atoms with van der Waals surface area (Å²) in [5.74, 6) is -1.08. The third kappa shape index (κ3) is 4.48. The van der Waals surface area contributed by atoms with E-state index in [0.29, 0.717) is 39.0 Å². The number of aliphatic hydroxyl groups is 1. The van der Waals surface area contributed by atoms with Crippen LogP contribution in [-0.4, -0.2) is 54.0 Å². The lowest BCUT2D eigenvalue weighted by molar-refractivity contribution is -0.184. The number of rotatable bonds is 3. The number of carbonyl (C=O) groups is 1. The standard InChI is InChI=1S/C18H28F3NO3/c19-18(20,21)13-6-4-12(5-7-13)10-17(24)22-8-9-25-11-15(22)14-2-1-3-16(14)23/h12-16,23H,1-11H2/t12?,13?,14-,15-,16-/m1/s1. The van der Waals surface area contributed by atoms with Gasteiger partial charge in [0.1, 0.15) is 0 Å². The minimum atomic E-state index is -4.11. The number of amides is 1. The van der Waals surface area contributed by atoms with Crippen molar-refractivity contribution in [3.63, 3.8) is 0 Å². The molecule has 3 atom stereocenters. The molecule has 4 nitrogen and oxygen atoms in total. The molecule has 3 aliphatic rings. The second-order valence-corrected chi connectivity index (χ2v) is 7.85. The van der Waals surface area contributed by atoms with Crippen LogP contribution >= 0.6 is 0 Å².